The normalized spacial score (nSPS) is 18.2. The standard InChI is InChI=1S/C16H24ClNO2S/c1-21(19,20)16-11-7-10-15(17)14(16)12-18-13-8-5-3-2-4-6-9-13/h7,10-11,13,18H,2-6,8-9,12H2,1H3. The van der Waals surface area contributed by atoms with Crippen molar-refractivity contribution in [2.75, 3.05) is 6.26 Å². The summed E-state index contributed by atoms with van der Waals surface area (Å²) in [6.45, 7) is 0.521. The number of halogens is 1. The Morgan fingerprint density at radius 1 is 1.14 bits per heavy atom. The van der Waals surface area contributed by atoms with Gasteiger partial charge in [-0.25, -0.2) is 8.42 Å². The van der Waals surface area contributed by atoms with Gasteiger partial charge in [0.2, 0.25) is 0 Å². The summed E-state index contributed by atoms with van der Waals surface area (Å²) < 4.78 is 23.7. The molecule has 0 unspecified atom stereocenters. The third-order valence-electron chi connectivity index (χ3n) is 4.15. The van der Waals surface area contributed by atoms with E-state index in [2.05, 4.69) is 5.32 Å². The van der Waals surface area contributed by atoms with Crippen LogP contribution in [0.1, 0.15) is 50.5 Å². The van der Waals surface area contributed by atoms with E-state index < -0.39 is 9.84 Å². The molecule has 1 aromatic carbocycles. The van der Waals surface area contributed by atoms with E-state index in [4.69, 9.17) is 11.6 Å². The molecule has 1 aliphatic rings. The van der Waals surface area contributed by atoms with Gasteiger partial charge < -0.3 is 5.32 Å². The van der Waals surface area contributed by atoms with Gasteiger partial charge in [0.1, 0.15) is 0 Å². The lowest BCUT2D eigenvalue weighted by Crippen LogP contribution is -2.30. The zero-order valence-electron chi connectivity index (χ0n) is 12.6. The Morgan fingerprint density at radius 3 is 2.38 bits per heavy atom. The van der Waals surface area contributed by atoms with E-state index in [1.807, 2.05) is 0 Å². The molecule has 118 valence electrons. The second kappa shape index (κ2) is 7.61. The zero-order chi connectivity index (χ0) is 15.3. The van der Waals surface area contributed by atoms with E-state index in [1.165, 1.54) is 51.2 Å². The first-order valence-electron chi connectivity index (χ1n) is 7.69. The lowest BCUT2D eigenvalue weighted by atomic mass is 9.96. The molecule has 1 N–H and O–H groups in total. The van der Waals surface area contributed by atoms with Crippen LogP contribution in [-0.2, 0) is 16.4 Å². The highest BCUT2D eigenvalue weighted by atomic mass is 35.5. The molecular formula is C16H24ClNO2S. The van der Waals surface area contributed by atoms with E-state index in [0.29, 0.717) is 28.1 Å². The molecule has 1 aliphatic carbocycles. The van der Waals surface area contributed by atoms with Gasteiger partial charge in [0.15, 0.2) is 9.84 Å². The van der Waals surface area contributed by atoms with Crippen LogP contribution in [0.15, 0.2) is 23.1 Å². The Labute approximate surface area is 133 Å². The smallest absolute Gasteiger partial charge is 0.175 e. The Morgan fingerprint density at radius 2 is 1.76 bits per heavy atom. The molecular weight excluding hydrogens is 306 g/mol. The molecule has 1 saturated carbocycles. The molecule has 1 fully saturated rings. The van der Waals surface area contributed by atoms with Crippen molar-refractivity contribution >= 4 is 21.4 Å². The molecule has 5 heteroatoms. The van der Waals surface area contributed by atoms with Crippen LogP contribution < -0.4 is 5.32 Å². The fraction of sp³-hybridized carbons (Fsp3) is 0.625. The third kappa shape index (κ3) is 4.97. The van der Waals surface area contributed by atoms with Gasteiger partial charge in [-0.3, -0.25) is 0 Å². The van der Waals surface area contributed by atoms with Crippen LogP contribution in [0, 0.1) is 0 Å². The van der Waals surface area contributed by atoms with Crippen LogP contribution >= 0.6 is 11.6 Å². The third-order valence-corrected chi connectivity index (χ3v) is 5.68. The van der Waals surface area contributed by atoms with Gasteiger partial charge in [0.25, 0.3) is 0 Å². The molecule has 0 saturated heterocycles. The Kier molecular flexibility index (Phi) is 6.08. The van der Waals surface area contributed by atoms with Gasteiger partial charge in [-0.15, -0.1) is 0 Å². The van der Waals surface area contributed by atoms with Crippen molar-refractivity contribution in [3.05, 3.63) is 28.8 Å². The molecule has 21 heavy (non-hydrogen) atoms. The van der Waals surface area contributed by atoms with Gasteiger partial charge >= 0.3 is 0 Å². The molecule has 0 aromatic heterocycles. The molecule has 0 heterocycles. The van der Waals surface area contributed by atoms with Crippen molar-refractivity contribution < 1.29 is 8.42 Å². The first-order chi connectivity index (χ1) is 9.98. The minimum atomic E-state index is -3.25. The van der Waals surface area contributed by atoms with Crippen LogP contribution in [0.2, 0.25) is 5.02 Å². The summed E-state index contributed by atoms with van der Waals surface area (Å²) in [5.41, 5.74) is 0.698. The maximum absolute atomic E-state index is 11.9. The highest BCUT2D eigenvalue weighted by Crippen LogP contribution is 2.25. The SMILES string of the molecule is CS(=O)(=O)c1cccc(Cl)c1CNC1CCCCCCC1. The Bertz CT molecular complexity index is 564. The second-order valence-corrected chi connectivity index (χ2v) is 8.30. The first-order valence-corrected chi connectivity index (χ1v) is 9.96. The van der Waals surface area contributed by atoms with Gasteiger partial charge in [0.05, 0.1) is 4.90 Å². The summed E-state index contributed by atoms with van der Waals surface area (Å²) in [4.78, 5) is 0.341. The van der Waals surface area contributed by atoms with Crippen LogP contribution in [0.25, 0.3) is 0 Å². The van der Waals surface area contributed by atoms with E-state index >= 15 is 0 Å². The van der Waals surface area contributed by atoms with Gasteiger partial charge in [-0.1, -0.05) is 49.8 Å². The molecule has 3 nitrogen and oxygen atoms in total. The van der Waals surface area contributed by atoms with Gasteiger partial charge in [0, 0.05) is 29.4 Å². The van der Waals surface area contributed by atoms with Crippen molar-refractivity contribution in [2.45, 2.75) is 62.4 Å². The quantitative estimate of drug-likeness (QED) is 0.909. The first kappa shape index (κ1) is 16.8. The fourth-order valence-electron chi connectivity index (χ4n) is 2.96. The number of hydrogen-bond acceptors (Lipinski definition) is 3. The summed E-state index contributed by atoms with van der Waals surface area (Å²) in [5, 5.41) is 4.03. The Hall–Kier alpha value is -0.580. The number of sulfone groups is 1. The average molecular weight is 330 g/mol. The monoisotopic (exact) mass is 329 g/mol. The van der Waals surface area contributed by atoms with Crippen LogP contribution in [0.5, 0.6) is 0 Å². The van der Waals surface area contributed by atoms with Crippen LogP contribution in [-0.4, -0.2) is 20.7 Å². The molecule has 0 atom stereocenters. The average Bonchev–Trinajstić information content (AvgIpc) is 2.37. The largest absolute Gasteiger partial charge is 0.310 e. The zero-order valence-corrected chi connectivity index (χ0v) is 14.1. The summed E-state index contributed by atoms with van der Waals surface area (Å²) in [7, 11) is -3.25. The topological polar surface area (TPSA) is 46.2 Å². The summed E-state index contributed by atoms with van der Waals surface area (Å²) in [6.07, 6.45) is 10.0. The maximum Gasteiger partial charge on any atom is 0.175 e. The maximum atomic E-state index is 11.9. The van der Waals surface area contributed by atoms with Gasteiger partial charge in [-0.05, 0) is 25.0 Å². The van der Waals surface area contributed by atoms with Crippen molar-refractivity contribution in [3.8, 4) is 0 Å². The molecule has 0 spiro atoms. The lowest BCUT2D eigenvalue weighted by molar-refractivity contribution is 0.388. The summed E-state index contributed by atoms with van der Waals surface area (Å²) in [5.74, 6) is 0. The van der Waals surface area contributed by atoms with Crippen LogP contribution in [0.4, 0.5) is 0 Å². The Balaban J connectivity index is 2.08. The van der Waals surface area contributed by atoms with E-state index in [0.717, 1.165) is 0 Å². The van der Waals surface area contributed by atoms with Crippen molar-refractivity contribution in [1.29, 1.82) is 0 Å². The fourth-order valence-corrected chi connectivity index (χ4v) is 4.22. The number of nitrogens with one attached hydrogen (secondary N) is 1. The minimum absolute atomic E-state index is 0.341. The highest BCUT2D eigenvalue weighted by Gasteiger charge is 2.17. The minimum Gasteiger partial charge on any atom is -0.310 e. The molecule has 2 rings (SSSR count). The van der Waals surface area contributed by atoms with Crippen molar-refractivity contribution in [1.82, 2.24) is 5.32 Å². The molecule has 0 aliphatic heterocycles. The summed E-state index contributed by atoms with van der Waals surface area (Å²) >= 11 is 6.21. The predicted octanol–water partition coefficient (Wildman–Crippen LogP) is 3.95. The summed E-state index contributed by atoms with van der Waals surface area (Å²) in [6, 6.07) is 5.55. The number of hydrogen-bond donors (Lipinski definition) is 1. The molecule has 0 radical (unpaired) electrons. The van der Waals surface area contributed by atoms with E-state index in [9.17, 15) is 8.42 Å². The van der Waals surface area contributed by atoms with E-state index in [-0.39, 0.29) is 0 Å². The van der Waals surface area contributed by atoms with Gasteiger partial charge in [-0.2, -0.15) is 0 Å². The lowest BCUT2D eigenvalue weighted by Gasteiger charge is -2.22. The second-order valence-electron chi connectivity index (χ2n) is 5.91. The highest BCUT2D eigenvalue weighted by molar-refractivity contribution is 7.90. The van der Waals surface area contributed by atoms with E-state index in [1.54, 1.807) is 18.2 Å². The van der Waals surface area contributed by atoms with Crippen molar-refractivity contribution in [3.63, 3.8) is 0 Å². The molecule has 1 aromatic rings. The van der Waals surface area contributed by atoms with Crippen molar-refractivity contribution in [2.24, 2.45) is 0 Å². The molecule has 0 amide bonds. The number of rotatable bonds is 4. The molecule has 0 bridgehead atoms. The predicted molar refractivity (Wildman–Crippen MR) is 87.5 cm³/mol. The van der Waals surface area contributed by atoms with Crippen LogP contribution in [0.3, 0.4) is 0 Å². The number of benzene rings is 1.